The highest BCUT2D eigenvalue weighted by Crippen LogP contribution is 2.21. The predicted molar refractivity (Wildman–Crippen MR) is 89.5 cm³/mol. The lowest BCUT2D eigenvalue weighted by Gasteiger charge is -2.24. The summed E-state index contributed by atoms with van der Waals surface area (Å²) < 4.78 is 0. The smallest absolute Gasteiger partial charge is 0.253 e. The van der Waals surface area contributed by atoms with Crippen molar-refractivity contribution in [1.82, 2.24) is 10.6 Å². The minimum atomic E-state index is -0.0206. The van der Waals surface area contributed by atoms with Crippen LogP contribution in [0.15, 0.2) is 54.6 Å². The summed E-state index contributed by atoms with van der Waals surface area (Å²) >= 11 is 0. The molecule has 22 heavy (non-hydrogen) atoms. The first-order valence-corrected chi connectivity index (χ1v) is 7.75. The van der Waals surface area contributed by atoms with Crippen molar-refractivity contribution < 1.29 is 4.79 Å². The summed E-state index contributed by atoms with van der Waals surface area (Å²) in [6.07, 6.45) is 2.14. The Bertz CT molecular complexity index is 621. The van der Waals surface area contributed by atoms with Crippen LogP contribution in [0.5, 0.6) is 0 Å². The molecule has 0 aliphatic carbocycles. The molecule has 1 unspecified atom stereocenters. The number of piperidine rings is 1. The summed E-state index contributed by atoms with van der Waals surface area (Å²) in [6.45, 7) is 1.89. The van der Waals surface area contributed by atoms with E-state index >= 15 is 0 Å². The molecule has 1 atom stereocenters. The summed E-state index contributed by atoms with van der Waals surface area (Å²) in [4.78, 5) is 12.5. The van der Waals surface area contributed by atoms with Gasteiger partial charge in [-0.2, -0.15) is 0 Å². The zero-order valence-corrected chi connectivity index (χ0v) is 12.5. The van der Waals surface area contributed by atoms with Crippen molar-refractivity contribution in [1.29, 1.82) is 0 Å². The molecule has 1 amide bonds. The molecule has 4 nitrogen and oxygen atoms in total. The maximum Gasteiger partial charge on any atom is 0.253 e. The van der Waals surface area contributed by atoms with E-state index in [4.69, 9.17) is 0 Å². The third-order valence-corrected chi connectivity index (χ3v) is 3.86. The summed E-state index contributed by atoms with van der Waals surface area (Å²) in [5.41, 5.74) is 2.48. The highest BCUT2D eigenvalue weighted by Gasteiger charge is 2.18. The van der Waals surface area contributed by atoms with Crippen LogP contribution in [0.4, 0.5) is 11.4 Å². The van der Waals surface area contributed by atoms with Crippen LogP contribution in [0.3, 0.4) is 0 Å². The molecule has 1 heterocycles. The summed E-state index contributed by atoms with van der Waals surface area (Å²) in [6, 6.07) is 17.7. The van der Waals surface area contributed by atoms with E-state index in [1.165, 1.54) is 0 Å². The van der Waals surface area contributed by atoms with Gasteiger partial charge in [-0.15, -0.1) is 0 Å². The average molecular weight is 295 g/mol. The molecule has 1 aliphatic rings. The molecule has 0 bridgehead atoms. The topological polar surface area (TPSA) is 53.2 Å². The number of para-hydroxylation sites is 2. The highest BCUT2D eigenvalue weighted by molar-refractivity contribution is 6.00. The molecule has 0 saturated carbocycles. The number of carbonyl (C=O) groups excluding carboxylic acids is 1. The van der Waals surface area contributed by atoms with E-state index in [1.807, 2.05) is 54.6 Å². The molecular weight excluding hydrogens is 274 g/mol. The van der Waals surface area contributed by atoms with Gasteiger partial charge in [0.15, 0.2) is 0 Å². The van der Waals surface area contributed by atoms with Crippen molar-refractivity contribution in [3.8, 4) is 0 Å². The van der Waals surface area contributed by atoms with Crippen LogP contribution in [-0.2, 0) is 0 Å². The van der Waals surface area contributed by atoms with Crippen molar-refractivity contribution in [2.45, 2.75) is 18.9 Å². The summed E-state index contributed by atoms with van der Waals surface area (Å²) in [5.74, 6) is -0.0206. The van der Waals surface area contributed by atoms with Gasteiger partial charge < -0.3 is 16.0 Å². The molecular formula is C18H21N3O. The lowest BCUT2D eigenvalue weighted by atomic mass is 10.1. The Labute approximate surface area is 130 Å². The van der Waals surface area contributed by atoms with Gasteiger partial charge >= 0.3 is 0 Å². The zero-order chi connectivity index (χ0) is 15.2. The first kappa shape index (κ1) is 14.6. The minimum absolute atomic E-state index is 0.0206. The van der Waals surface area contributed by atoms with Gasteiger partial charge in [-0.05, 0) is 43.7 Å². The van der Waals surface area contributed by atoms with Gasteiger partial charge in [0.05, 0.1) is 11.3 Å². The average Bonchev–Trinajstić information content (AvgIpc) is 2.57. The minimum Gasteiger partial charge on any atom is -0.355 e. The van der Waals surface area contributed by atoms with Crippen LogP contribution in [0.2, 0.25) is 0 Å². The van der Waals surface area contributed by atoms with Crippen LogP contribution in [0.25, 0.3) is 0 Å². The molecule has 0 radical (unpaired) electrons. The van der Waals surface area contributed by atoms with Crippen molar-refractivity contribution in [3.63, 3.8) is 0 Å². The number of carbonyl (C=O) groups is 1. The standard InChI is InChI=1S/C18H21N3O/c22-18(21-15-9-6-12-19-13-15)16-10-4-5-11-17(16)20-14-7-2-1-3-8-14/h1-5,7-8,10-11,15,19-20H,6,9,12-13H2,(H,21,22). The van der Waals surface area contributed by atoms with Gasteiger partial charge in [0.25, 0.3) is 5.91 Å². The first-order chi connectivity index (χ1) is 10.8. The number of amides is 1. The number of rotatable bonds is 4. The van der Waals surface area contributed by atoms with Gasteiger partial charge in [0, 0.05) is 18.3 Å². The highest BCUT2D eigenvalue weighted by atomic mass is 16.1. The molecule has 2 aromatic carbocycles. The monoisotopic (exact) mass is 295 g/mol. The Balaban J connectivity index is 1.74. The van der Waals surface area contributed by atoms with Gasteiger partial charge in [-0.3, -0.25) is 4.79 Å². The Morgan fingerprint density at radius 3 is 2.59 bits per heavy atom. The predicted octanol–water partition coefficient (Wildman–Crippen LogP) is 2.91. The number of anilines is 2. The van der Waals surface area contributed by atoms with E-state index in [1.54, 1.807) is 0 Å². The molecule has 3 rings (SSSR count). The molecule has 1 saturated heterocycles. The van der Waals surface area contributed by atoms with E-state index in [0.29, 0.717) is 5.56 Å². The van der Waals surface area contributed by atoms with Crippen molar-refractivity contribution in [2.24, 2.45) is 0 Å². The molecule has 0 spiro atoms. The van der Waals surface area contributed by atoms with Gasteiger partial charge in [-0.25, -0.2) is 0 Å². The van der Waals surface area contributed by atoms with E-state index in [0.717, 1.165) is 37.3 Å². The zero-order valence-electron chi connectivity index (χ0n) is 12.5. The number of hydrogen-bond acceptors (Lipinski definition) is 3. The van der Waals surface area contributed by atoms with Gasteiger partial charge in [0.2, 0.25) is 0 Å². The SMILES string of the molecule is O=C(NC1CCCNC1)c1ccccc1Nc1ccccc1. The fourth-order valence-corrected chi connectivity index (χ4v) is 2.71. The van der Waals surface area contributed by atoms with Crippen molar-refractivity contribution in [3.05, 3.63) is 60.2 Å². The number of nitrogens with one attached hydrogen (secondary N) is 3. The molecule has 0 aromatic heterocycles. The number of hydrogen-bond donors (Lipinski definition) is 3. The lowest BCUT2D eigenvalue weighted by Crippen LogP contribution is -2.45. The fourth-order valence-electron chi connectivity index (χ4n) is 2.71. The van der Waals surface area contributed by atoms with E-state index in [2.05, 4.69) is 16.0 Å². The molecule has 1 aliphatic heterocycles. The van der Waals surface area contributed by atoms with E-state index in [9.17, 15) is 4.79 Å². The Morgan fingerprint density at radius 1 is 1.05 bits per heavy atom. The molecule has 1 fully saturated rings. The lowest BCUT2D eigenvalue weighted by molar-refractivity contribution is 0.0931. The second-order valence-electron chi connectivity index (χ2n) is 5.55. The maximum atomic E-state index is 12.5. The normalized spacial score (nSPS) is 17.7. The molecule has 114 valence electrons. The van der Waals surface area contributed by atoms with Crippen molar-refractivity contribution in [2.75, 3.05) is 18.4 Å². The summed E-state index contributed by atoms with van der Waals surface area (Å²) in [5, 5.41) is 9.75. The molecule has 2 aromatic rings. The third-order valence-electron chi connectivity index (χ3n) is 3.86. The summed E-state index contributed by atoms with van der Waals surface area (Å²) in [7, 11) is 0. The first-order valence-electron chi connectivity index (χ1n) is 7.75. The Kier molecular flexibility index (Phi) is 4.71. The fraction of sp³-hybridized carbons (Fsp3) is 0.278. The third kappa shape index (κ3) is 3.65. The quantitative estimate of drug-likeness (QED) is 0.813. The Morgan fingerprint density at radius 2 is 1.82 bits per heavy atom. The number of benzene rings is 2. The maximum absolute atomic E-state index is 12.5. The Hall–Kier alpha value is -2.33. The second kappa shape index (κ2) is 7.09. The van der Waals surface area contributed by atoms with Gasteiger partial charge in [0.1, 0.15) is 0 Å². The van der Waals surface area contributed by atoms with Crippen LogP contribution in [-0.4, -0.2) is 25.0 Å². The molecule has 3 N–H and O–H groups in total. The molecule has 4 heteroatoms. The van der Waals surface area contributed by atoms with E-state index in [-0.39, 0.29) is 11.9 Å². The van der Waals surface area contributed by atoms with Crippen LogP contribution < -0.4 is 16.0 Å². The largest absolute Gasteiger partial charge is 0.355 e. The van der Waals surface area contributed by atoms with Crippen molar-refractivity contribution >= 4 is 17.3 Å². The van der Waals surface area contributed by atoms with Gasteiger partial charge in [-0.1, -0.05) is 30.3 Å². The van der Waals surface area contributed by atoms with Crippen LogP contribution in [0, 0.1) is 0 Å². The van der Waals surface area contributed by atoms with Crippen LogP contribution in [0.1, 0.15) is 23.2 Å². The van der Waals surface area contributed by atoms with Crippen LogP contribution >= 0.6 is 0 Å². The van der Waals surface area contributed by atoms with E-state index < -0.39 is 0 Å². The second-order valence-corrected chi connectivity index (χ2v) is 5.55.